The van der Waals surface area contributed by atoms with E-state index in [1.807, 2.05) is 18.5 Å². The highest BCUT2D eigenvalue weighted by Crippen LogP contribution is 2.48. The topological polar surface area (TPSA) is 12.9 Å². The molecule has 0 bridgehead atoms. The average Bonchev–Trinajstić information content (AvgIpc) is 2.86. The molecule has 0 N–H and O–H groups in total. The number of aryl methyl sites for hydroxylation is 1. The van der Waals surface area contributed by atoms with E-state index in [0.29, 0.717) is 0 Å². The van der Waals surface area contributed by atoms with E-state index in [-0.39, 0.29) is 5.41 Å². The van der Waals surface area contributed by atoms with Crippen LogP contribution < -0.4 is 0 Å². The van der Waals surface area contributed by atoms with Crippen molar-refractivity contribution in [1.82, 2.24) is 4.98 Å². The number of pyridine rings is 1. The van der Waals surface area contributed by atoms with Crippen molar-refractivity contribution in [2.24, 2.45) is 0 Å². The molecule has 0 amide bonds. The summed E-state index contributed by atoms with van der Waals surface area (Å²) in [6.45, 7) is 2.09. The number of rotatable bonds is 1. The Hall–Kier alpha value is -1.29. The summed E-state index contributed by atoms with van der Waals surface area (Å²) in [4.78, 5) is 4.10. The van der Waals surface area contributed by atoms with Gasteiger partial charge in [0.25, 0.3) is 0 Å². The summed E-state index contributed by atoms with van der Waals surface area (Å²) in [7, 11) is 0. The second kappa shape index (κ2) is 2.35. The fraction of sp³-hybridized carbons (Fsp3) is 0.364. The largest absolute Gasteiger partial charge is 0.264 e. The molecule has 1 fully saturated rings. The Bertz CT molecular complexity index is 342. The van der Waals surface area contributed by atoms with E-state index in [4.69, 9.17) is 6.42 Å². The van der Waals surface area contributed by atoms with Crippen molar-refractivity contribution in [3.8, 4) is 12.3 Å². The third-order valence-corrected chi connectivity index (χ3v) is 2.58. The second-order valence-electron chi connectivity index (χ2n) is 3.42. The molecule has 1 aromatic heterocycles. The SMILES string of the molecule is C#CC1(c2cnccc2C)CC1. The van der Waals surface area contributed by atoms with Gasteiger partial charge in [-0.25, -0.2) is 0 Å². The number of aromatic nitrogens is 1. The summed E-state index contributed by atoms with van der Waals surface area (Å²) >= 11 is 0. The van der Waals surface area contributed by atoms with Gasteiger partial charge in [-0.05, 0) is 37.0 Å². The van der Waals surface area contributed by atoms with Crippen LogP contribution in [0.3, 0.4) is 0 Å². The number of hydrogen-bond acceptors (Lipinski definition) is 1. The van der Waals surface area contributed by atoms with Gasteiger partial charge >= 0.3 is 0 Å². The summed E-state index contributed by atoms with van der Waals surface area (Å²) in [5.74, 6) is 2.87. The van der Waals surface area contributed by atoms with E-state index < -0.39 is 0 Å². The van der Waals surface area contributed by atoms with Crippen LogP contribution in [0.4, 0.5) is 0 Å². The Balaban J connectivity index is 2.48. The number of hydrogen-bond donors (Lipinski definition) is 0. The summed E-state index contributed by atoms with van der Waals surface area (Å²) in [5, 5.41) is 0. The van der Waals surface area contributed by atoms with Gasteiger partial charge in [0, 0.05) is 12.4 Å². The first-order chi connectivity index (χ1) is 5.78. The maximum atomic E-state index is 5.49. The molecule has 0 aromatic carbocycles. The van der Waals surface area contributed by atoms with Crippen LogP contribution in [0.15, 0.2) is 18.5 Å². The molecule has 1 heterocycles. The highest BCUT2D eigenvalue weighted by atomic mass is 14.6. The molecule has 2 rings (SSSR count). The van der Waals surface area contributed by atoms with Gasteiger partial charge in [-0.2, -0.15) is 0 Å². The van der Waals surface area contributed by atoms with E-state index in [9.17, 15) is 0 Å². The fourth-order valence-electron chi connectivity index (χ4n) is 1.58. The maximum absolute atomic E-state index is 5.49. The third-order valence-electron chi connectivity index (χ3n) is 2.58. The van der Waals surface area contributed by atoms with E-state index in [2.05, 4.69) is 17.8 Å². The van der Waals surface area contributed by atoms with Crippen LogP contribution in [0.1, 0.15) is 24.0 Å². The van der Waals surface area contributed by atoms with Crippen molar-refractivity contribution in [2.75, 3.05) is 0 Å². The average molecular weight is 157 g/mol. The molecule has 1 aromatic rings. The minimum absolute atomic E-state index is 0.0400. The quantitative estimate of drug-likeness (QED) is 0.568. The first kappa shape index (κ1) is 7.36. The molecule has 60 valence electrons. The molecule has 0 radical (unpaired) electrons. The lowest BCUT2D eigenvalue weighted by Gasteiger charge is -2.09. The zero-order valence-corrected chi connectivity index (χ0v) is 7.17. The number of terminal acetylenes is 1. The minimum atomic E-state index is 0.0400. The lowest BCUT2D eigenvalue weighted by molar-refractivity contribution is 0.902. The van der Waals surface area contributed by atoms with Crippen molar-refractivity contribution in [3.05, 3.63) is 29.6 Å². The Morgan fingerprint density at radius 2 is 2.33 bits per heavy atom. The van der Waals surface area contributed by atoms with Crippen molar-refractivity contribution < 1.29 is 0 Å². The van der Waals surface area contributed by atoms with Crippen LogP contribution in [0, 0.1) is 19.3 Å². The van der Waals surface area contributed by atoms with Crippen LogP contribution in [0.25, 0.3) is 0 Å². The fourth-order valence-corrected chi connectivity index (χ4v) is 1.58. The smallest absolute Gasteiger partial charge is 0.0579 e. The Labute approximate surface area is 72.8 Å². The molecule has 12 heavy (non-hydrogen) atoms. The highest BCUT2D eigenvalue weighted by Gasteiger charge is 2.43. The zero-order chi connectivity index (χ0) is 8.60. The Morgan fingerprint density at radius 1 is 1.58 bits per heavy atom. The van der Waals surface area contributed by atoms with Crippen LogP contribution in [-0.2, 0) is 5.41 Å². The van der Waals surface area contributed by atoms with Gasteiger partial charge in [0.05, 0.1) is 5.41 Å². The lowest BCUT2D eigenvalue weighted by Crippen LogP contribution is -2.05. The van der Waals surface area contributed by atoms with Gasteiger partial charge in [-0.15, -0.1) is 6.42 Å². The summed E-state index contributed by atoms with van der Waals surface area (Å²) in [5.41, 5.74) is 2.55. The molecule has 0 saturated heterocycles. The first-order valence-corrected chi connectivity index (χ1v) is 4.17. The molecular weight excluding hydrogens is 146 g/mol. The summed E-state index contributed by atoms with van der Waals surface area (Å²) < 4.78 is 0. The predicted octanol–water partition coefficient (Wildman–Crippen LogP) is 2.05. The maximum Gasteiger partial charge on any atom is 0.0579 e. The van der Waals surface area contributed by atoms with Gasteiger partial charge in [0.2, 0.25) is 0 Å². The molecule has 1 saturated carbocycles. The van der Waals surface area contributed by atoms with Crippen LogP contribution in [-0.4, -0.2) is 4.98 Å². The highest BCUT2D eigenvalue weighted by molar-refractivity contribution is 5.43. The van der Waals surface area contributed by atoms with Crippen LogP contribution >= 0.6 is 0 Å². The molecule has 1 heteroatoms. The molecule has 0 unspecified atom stereocenters. The van der Waals surface area contributed by atoms with Crippen molar-refractivity contribution in [3.63, 3.8) is 0 Å². The van der Waals surface area contributed by atoms with Crippen molar-refractivity contribution >= 4 is 0 Å². The number of nitrogens with zero attached hydrogens (tertiary/aromatic N) is 1. The molecule has 0 atom stereocenters. The summed E-state index contributed by atoms with van der Waals surface area (Å²) in [6.07, 6.45) is 11.4. The van der Waals surface area contributed by atoms with E-state index >= 15 is 0 Å². The van der Waals surface area contributed by atoms with Gasteiger partial charge in [-0.3, -0.25) is 4.98 Å². The molecule has 0 aliphatic heterocycles. The van der Waals surface area contributed by atoms with E-state index in [1.165, 1.54) is 11.1 Å². The zero-order valence-electron chi connectivity index (χ0n) is 7.17. The first-order valence-electron chi connectivity index (χ1n) is 4.17. The summed E-state index contributed by atoms with van der Waals surface area (Å²) in [6, 6.07) is 2.02. The normalized spacial score (nSPS) is 18.3. The van der Waals surface area contributed by atoms with Crippen LogP contribution in [0.2, 0.25) is 0 Å². The van der Waals surface area contributed by atoms with Crippen molar-refractivity contribution in [1.29, 1.82) is 0 Å². The predicted molar refractivity (Wildman–Crippen MR) is 48.7 cm³/mol. The van der Waals surface area contributed by atoms with Crippen LogP contribution in [0.5, 0.6) is 0 Å². The Morgan fingerprint density at radius 3 is 2.83 bits per heavy atom. The van der Waals surface area contributed by atoms with Gasteiger partial charge in [-0.1, -0.05) is 5.92 Å². The van der Waals surface area contributed by atoms with Crippen molar-refractivity contribution in [2.45, 2.75) is 25.2 Å². The van der Waals surface area contributed by atoms with E-state index in [1.54, 1.807) is 0 Å². The second-order valence-corrected chi connectivity index (χ2v) is 3.42. The molecule has 1 aliphatic rings. The van der Waals surface area contributed by atoms with E-state index in [0.717, 1.165) is 12.8 Å². The Kier molecular flexibility index (Phi) is 1.44. The molecular formula is C11H11N. The molecule has 1 aliphatic carbocycles. The van der Waals surface area contributed by atoms with Gasteiger partial charge in [0.1, 0.15) is 0 Å². The third kappa shape index (κ3) is 0.921. The molecule has 1 nitrogen and oxygen atoms in total. The lowest BCUT2D eigenvalue weighted by atomic mass is 9.95. The monoisotopic (exact) mass is 157 g/mol. The van der Waals surface area contributed by atoms with Gasteiger partial charge in [0.15, 0.2) is 0 Å². The minimum Gasteiger partial charge on any atom is -0.264 e. The molecule has 0 spiro atoms. The van der Waals surface area contributed by atoms with Gasteiger partial charge < -0.3 is 0 Å². The standard InChI is InChI=1S/C11H11N/c1-3-11(5-6-11)10-8-12-7-4-9(10)2/h1,4,7-8H,5-6H2,2H3.